The molecule has 82 valence electrons. The van der Waals surface area contributed by atoms with Crippen LogP contribution in [-0.4, -0.2) is 0 Å². The normalized spacial score (nSPS) is 10.5. The molecule has 0 unspecified atom stereocenters. The van der Waals surface area contributed by atoms with Crippen molar-refractivity contribution in [2.24, 2.45) is 0 Å². The van der Waals surface area contributed by atoms with Gasteiger partial charge in [0.15, 0.2) is 0 Å². The molecule has 0 spiro atoms. The van der Waals surface area contributed by atoms with Crippen LogP contribution in [-0.2, 0) is 0 Å². The predicted octanol–water partition coefficient (Wildman–Crippen LogP) is 5.45. The first-order valence-corrected chi connectivity index (χ1v) is 5.62. The highest BCUT2D eigenvalue weighted by Crippen LogP contribution is 2.33. The van der Waals surface area contributed by atoms with Crippen molar-refractivity contribution >= 4 is 34.8 Å². The summed E-state index contributed by atoms with van der Waals surface area (Å²) in [5, 5.41) is 1.30. The van der Waals surface area contributed by atoms with Crippen LogP contribution in [0.1, 0.15) is 0 Å². The van der Waals surface area contributed by atoms with Crippen LogP contribution in [0.4, 0.5) is 4.39 Å². The Morgan fingerprint density at radius 2 is 1.38 bits per heavy atom. The van der Waals surface area contributed by atoms with Gasteiger partial charge in [-0.3, -0.25) is 0 Å². The Morgan fingerprint density at radius 1 is 0.750 bits per heavy atom. The van der Waals surface area contributed by atoms with Crippen molar-refractivity contribution < 1.29 is 4.39 Å². The number of rotatable bonds is 1. The minimum absolute atomic E-state index is 0.347. The van der Waals surface area contributed by atoms with Gasteiger partial charge in [-0.2, -0.15) is 0 Å². The summed E-state index contributed by atoms with van der Waals surface area (Å²) in [5.74, 6) is -0.420. The van der Waals surface area contributed by atoms with E-state index < -0.39 is 5.82 Å². The largest absolute Gasteiger partial charge is 0.206 e. The SMILES string of the molecule is Fc1cc(Cl)ccc1-c1cc(Cl)ccc1Cl. The molecule has 16 heavy (non-hydrogen) atoms. The topological polar surface area (TPSA) is 0 Å². The third-order valence-corrected chi connectivity index (χ3v) is 2.95. The van der Waals surface area contributed by atoms with Crippen LogP contribution in [0.5, 0.6) is 0 Å². The van der Waals surface area contributed by atoms with Crippen LogP contribution in [0.15, 0.2) is 36.4 Å². The van der Waals surface area contributed by atoms with E-state index in [1.807, 2.05) is 0 Å². The van der Waals surface area contributed by atoms with Gasteiger partial charge >= 0.3 is 0 Å². The maximum atomic E-state index is 13.7. The summed E-state index contributed by atoms with van der Waals surface area (Å²) in [6.07, 6.45) is 0. The van der Waals surface area contributed by atoms with E-state index in [9.17, 15) is 4.39 Å². The molecule has 2 rings (SSSR count). The van der Waals surface area contributed by atoms with Gasteiger partial charge in [0.05, 0.1) is 0 Å². The summed E-state index contributed by atoms with van der Waals surface area (Å²) in [6, 6.07) is 9.34. The average Bonchev–Trinajstić information content (AvgIpc) is 2.22. The minimum atomic E-state index is -0.420. The molecule has 0 nitrogen and oxygen atoms in total. The van der Waals surface area contributed by atoms with Crippen molar-refractivity contribution in [1.29, 1.82) is 0 Å². The van der Waals surface area contributed by atoms with Crippen molar-refractivity contribution in [2.45, 2.75) is 0 Å². The summed E-state index contributed by atoms with van der Waals surface area (Å²) in [7, 11) is 0. The van der Waals surface area contributed by atoms with Gasteiger partial charge in [0.25, 0.3) is 0 Å². The molecule has 0 amide bonds. The fraction of sp³-hybridized carbons (Fsp3) is 0. The highest BCUT2D eigenvalue weighted by molar-refractivity contribution is 6.35. The lowest BCUT2D eigenvalue weighted by Gasteiger charge is -2.06. The van der Waals surface area contributed by atoms with E-state index >= 15 is 0 Å². The fourth-order valence-corrected chi connectivity index (χ4v) is 1.96. The summed E-state index contributed by atoms with van der Waals surface area (Å²) in [4.78, 5) is 0. The molecular weight excluding hydrogens is 269 g/mol. The number of hydrogen-bond donors (Lipinski definition) is 0. The lowest BCUT2D eigenvalue weighted by atomic mass is 10.1. The van der Waals surface area contributed by atoms with Crippen LogP contribution in [0, 0.1) is 5.82 Å². The Hall–Kier alpha value is -0.760. The van der Waals surface area contributed by atoms with Gasteiger partial charge in [-0.1, -0.05) is 34.8 Å². The molecule has 2 aromatic rings. The van der Waals surface area contributed by atoms with Crippen molar-refractivity contribution in [1.82, 2.24) is 0 Å². The molecule has 0 aliphatic rings. The molecule has 0 saturated carbocycles. The van der Waals surface area contributed by atoms with Crippen molar-refractivity contribution in [3.63, 3.8) is 0 Å². The average molecular weight is 276 g/mol. The van der Waals surface area contributed by atoms with Crippen LogP contribution < -0.4 is 0 Å². The molecule has 0 bridgehead atoms. The van der Waals surface area contributed by atoms with Crippen LogP contribution in [0.2, 0.25) is 15.1 Å². The summed E-state index contributed by atoms with van der Waals surface area (Å²) < 4.78 is 13.7. The maximum Gasteiger partial charge on any atom is 0.132 e. The zero-order chi connectivity index (χ0) is 11.7. The Balaban J connectivity index is 2.62. The zero-order valence-corrected chi connectivity index (χ0v) is 10.2. The minimum Gasteiger partial charge on any atom is -0.206 e. The summed E-state index contributed by atoms with van der Waals surface area (Å²) in [5.41, 5.74) is 0.945. The Kier molecular flexibility index (Phi) is 3.38. The van der Waals surface area contributed by atoms with E-state index in [0.717, 1.165) is 0 Å². The van der Waals surface area contributed by atoms with Gasteiger partial charge in [0.2, 0.25) is 0 Å². The first-order valence-electron chi connectivity index (χ1n) is 4.48. The smallest absolute Gasteiger partial charge is 0.132 e. The Bertz CT molecular complexity index is 538. The first-order chi connectivity index (χ1) is 7.58. The highest BCUT2D eigenvalue weighted by atomic mass is 35.5. The molecule has 0 aliphatic carbocycles. The van der Waals surface area contributed by atoms with Crippen molar-refractivity contribution in [2.75, 3.05) is 0 Å². The molecule has 0 heterocycles. The van der Waals surface area contributed by atoms with Gasteiger partial charge < -0.3 is 0 Å². The molecule has 0 atom stereocenters. The maximum absolute atomic E-state index is 13.7. The first kappa shape index (κ1) is 11.7. The number of hydrogen-bond acceptors (Lipinski definition) is 0. The molecule has 4 heteroatoms. The number of halogens is 4. The van der Waals surface area contributed by atoms with E-state index in [-0.39, 0.29) is 0 Å². The van der Waals surface area contributed by atoms with Crippen LogP contribution in [0.25, 0.3) is 11.1 Å². The van der Waals surface area contributed by atoms with E-state index in [2.05, 4.69) is 0 Å². The molecular formula is C12H6Cl3F. The van der Waals surface area contributed by atoms with Crippen molar-refractivity contribution in [3.8, 4) is 11.1 Å². The van der Waals surface area contributed by atoms with Gasteiger partial charge in [-0.05, 0) is 36.4 Å². The van der Waals surface area contributed by atoms with Gasteiger partial charge in [-0.15, -0.1) is 0 Å². The zero-order valence-electron chi connectivity index (χ0n) is 7.98. The quantitative estimate of drug-likeness (QED) is 0.649. The molecule has 0 aliphatic heterocycles. The third kappa shape index (κ3) is 2.32. The van der Waals surface area contributed by atoms with Gasteiger partial charge in [0, 0.05) is 26.2 Å². The van der Waals surface area contributed by atoms with E-state index in [0.29, 0.717) is 26.2 Å². The Labute approximate surface area is 108 Å². The summed E-state index contributed by atoms with van der Waals surface area (Å²) in [6.45, 7) is 0. The monoisotopic (exact) mass is 274 g/mol. The lowest BCUT2D eigenvalue weighted by Crippen LogP contribution is -1.85. The second kappa shape index (κ2) is 4.62. The van der Waals surface area contributed by atoms with E-state index in [1.165, 1.54) is 6.07 Å². The second-order valence-corrected chi connectivity index (χ2v) is 4.53. The molecule has 2 aromatic carbocycles. The van der Waals surface area contributed by atoms with Gasteiger partial charge in [-0.25, -0.2) is 4.39 Å². The van der Waals surface area contributed by atoms with Gasteiger partial charge in [0.1, 0.15) is 5.82 Å². The van der Waals surface area contributed by atoms with E-state index in [4.69, 9.17) is 34.8 Å². The molecule has 0 radical (unpaired) electrons. The lowest BCUT2D eigenvalue weighted by molar-refractivity contribution is 0.631. The highest BCUT2D eigenvalue weighted by Gasteiger charge is 2.09. The van der Waals surface area contributed by atoms with E-state index in [1.54, 1.807) is 30.3 Å². The molecule has 0 fully saturated rings. The second-order valence-electron chi connectivity index (χ2n) is 3.25. The van der Waals surface area contributed by atoms with Crippen LogP contribution in [0.3, 0.4) is 0 Å². The third-order valence-electron chi connectivity index (χ3n) is 2.15. The predicted molar refractivity (Wildman–Crippen MR) is 66.9 cm³/mol. The summed E-state index contributed by atoms with van der Waals surface area (Å²) >= 11 is 17.5. The van der Waals surface area contributed by atoms with Crippen LogP contribution >= 0.6 is 34.8 Å². The molecule has 0 saturated heterocycles. The standard InChI is InChI=1S/C12H6Cl3F/c13-7-2-4-11(15)10(5-7)9-3-1-8(14)6-12(9)16/h1-6H. The number of benzene rings is 2. The van der Waals surface area contributed by atoms with Crippen molar-refractivity contribution in [3.05, 3.63) is 57.3 Å². The Morgan fingerprint density at radius 3 is 2.06 bits per heavy atom. The molecule has 0 aromatic heterocycles. The fourth-order valence-electron chi connectivity index (χ4n) is 1.41. The molecule has 0 N–H and O–H groups in total.